The molecule has 1 N–H and O–H groups in total. The first-order valence-electron chi connectivity index (χ1n) is 9.07. The third-order valence-corrected chi connectivity index (χ3v) is 6.10. The molecule has 9 heteroatoms. The number of hydrogen-bond donors (Lipinski definition) is 1. The Morgan fingerprint density at radius 2 is 1.77 bits per heavy atom. The van der Waals surface area contributed by atoms with E-state index >= 15 is 0 Å². The molecule has 3 rings (SSSR count). The lowest BCUT2D eigenvalue weighted by Gasteiger charge is -2.13. The molecule has 160 valence electrons. The van der Waals surface area contributed by atoms with Gasteiger partial charge in [-0.1, -0.05) is 29.8 Å². The van der Waals surface area contributed by atoms with Crippen molar-refractivity contribution in [3.8, 4) is 11.5 Å². The lowest BCUT2D eigenvalue weighted by Crippen LogP contribution is -2.18. The Labute approximate surface area is 194 Å². The SMILES string of the molecule is COc1cccc(/C=N\NC(=O)c2cccc(I)c2)c1OS(=O)(=O)c1ccc(C)cc1. The van der Waals surface area contributed by atoms with E-state index in [9.17, 15) is 13.2 Å². The summed E-state index contributed by atoms with van der Waals surface area (Å²) in [5, 5.41) is 3.94. The van der Waals surface area contributed by atoms with Crippen LogP contribution >= 0.6 is 22.6 Å². The topological polar surface area (TPSA) is 94.1 Å². The van der Waals surface area contributed by atoms with Crippen molar-refractivity contribution in [1.82, 2.24) is 5.43 Å². The predicted molar refractivity (Wildman–Crippen MR) is 126 cm³/mol. The maximum atomic E-state index is 12.7. The van der Waals surface area contributed by atoms with Crippen LogP contribution in [0.5, 0.6) is 11.5 Å². The van der Waals surface area contributed by atoms with Gasteiger partial charge in [-0.25, -0.2) is 5.43 Å². The molecular weight excluding hydrogens is 531 g/mol. The van der Waals surface area contributed by atoms with Crippen LogP contribution in [-0.4, -0.2) is 27.6 Å². The molecule has 3 aromatic carbocycles. The number of hydrazone groups is 1. The Morgan fingerprint density at radius 3 is 2.45 bits per heavy atom. The zero-order chi connectivity index (χ0) is 22.4. The first-order chi connectivity index (χ1) is 14.8. The third kappa shape index (κ3) is 5.82. The minimum Gasteiger partial charge on any atom is -0.493 e. The second kappa shape index (κ2) is 9.92. The van der Waals surface area contributed by atoms with Crippen molar-refractivity contribution in [3.05, 3.63) is 87.0 Å². The lowest BCUT2D eigenvalue weighted by molar-refractivity contribution is 0.0955. The summed E-state index contributed by atoms with van der Waals surface area (Å²) in [6.45, 7) is 1.86. The van der Waals surface area contributed by atoms with Gasteiger partial charge in [-0.05, 0) is 72.0 Å². The van der Waals surface area contributed by atoms with E-state index < -0.39 is 16.0 Å². The number of carbonyl (C=O) groups excluding carboxylic acids is 1. The van der Waals surface area contributed by atoms with Gasteiger partial charge in [-0.15, -0.1) is 0 Å². The zero-order valence-electron chi connectivity index (χ0n) is 16.7. The fraction of sp³-hybridized carbons (Fsp3) is 0.0909. The van der Waals surface area contributed by atoms with Crippen molar-refractivity contribution in [2.45, 2.75) is 11.8 Å². The minimum atomic E-state index is -4.10. The summed E-state index contributed by atoms with van der Waals surface area (Å²) in [5.74, 6) is -0.214. The van der Waals surface area contributed by atoms with E-state index in [4.69, 9.17) is 8.92 Å². The highest BCUT2D eigenvalue weighted by Crippen LogP contribution is 2.32. The molecule has 3 aromatic rings. The molecule has 0 aromatic heterocycles. The maximum Gasteiger partial charge on any atom is 0.339 e. The number of aryl methyl sites for hydroxylation is 1. The minimum absolute atomic E-state index is 0.0129. The van der Waals surface area contributed by atoms with Gasteiger partial charge in [-0.3, -0.25) is 4.79 Å². The molecular formula is C22H19IN2O5S. The van der Waals surface area contributed by atoms with Crippen molar-refractivity contribution >= 4 is 44.8 Å². The number of halogens is 1. The quantitative estimate of drug-likeness (QED) is 0.207. The number of amides is 1. The Balaban J connectivity index is 1.85. The van der Waals surface area contributed by atoms with Gasteiger partial charge in [-0.2, -0.15) is 13.5 Å². The number of hydrogen-bond acceptors (Lipinski definition) is 6. The van der Waals surface area contributed by atoms with E-state index in [1.54, 1.807) is 48.5 Å². The van der Waals surface area contributed by atoms with Crippen LogP contribution in [0.25, 0.3) is 0 Å². The van der Waals surface area contributed by atoms with E-state index in [-0.39, 0.29) is 16.4 Å². The van der Waals surface area contributed by atoms with Crippen LogP contribution in [0.3, 0.4) is 0 Å². The molecule has 0 bridgehead atoms. The summed E-state index contributed by atoms with van der Waals surface area (Å²) in [6.07, 6.45) is 1.30. The lowest BCUT2D eigenvalue weighted by atomic mass is 10.2. The molecule has 0 spiro atoms. The van der Waals surface area contributed by atoms with Crippen LogP contribution in [0.15, 0.2) is 76.7 Å². The fourth-order valence-electron chi connectivity index (χ4n) is 2.60. The number of benzene rings is 3. The van der Waals surface area contributed by atoms with Crippen LogP contribution in [-0.2, 0) is 10.1 Å². The van der Waals surface area contributed by atoms with Crippen molar-refractivity contribution < 1.29 is 22.1 Å². The van der Waals surface area contributed by atoms with Crippen molar-refractivity contribution in [2.75, 3.05) is 7.11 Å². The van der Waals surface area contributed by atoms with Crippen LogP contribution < -0.4 is 14.3 Å². The number of nitrogens with zero attached hydrogens (tertiary/aromatic N) is 1. The first kappa shape index (κ1) is 22.8. The number of rotatable bonds is 7. The molecule has 31 heavy (non-hydrogen) atoms. The number of ether oxygens (including phenoxy) is 1. The normalized spacial score (nSPS) is 11.3. The molecule has 0 saturated carbocycles. The highest BCUT2D eigenvalue weighted by Gasteiger charge is 2.21. The Hall–Kier alpha value is -2.92. The summed E-state index contributed by atoms with van der Waals surface area (Å²) in [4.78, 5) is 12.3. The van der Waals surface area contributed by atoms with E-state index in [0.29, 0.717) is 11.1 Å². The van der Waals surface area contributed by atoms with Gasteiger partial charge in [0, 0.05) is 14.7 Å². The van der Waals surface area contributed by atoms with E-state index in [2.05, 4.69) is 33.1 Å². The second-order valence-corrected chi connectivity index (χ2v) is 9.23. The van der Waals surface area contributed by atoms with Gasteiger partial charge in [0.1, 0.15) is 4.90 Å². The highest BCUT2D eigenvalue weighted by atomic mass is 127. The number of para-hydroxylation sites is 1. The molecule has 1 amide bonds. The summed E-state index contributed by atoms with van der Waals surface area (Å²) in [7, 11) is -2.70. The van der Waals surface area contributed by atoms with Gasteiger partial charge in [0.2, 0.25) is 0 Å². The molecule has 0 aliphatic carbocycles. The molecule has 0 atom stereocenters. The molecule has 0 radical (unpaired) electrons. The molecule has 0 fully saturated rings. The summed E-state index contributed by atoms with van der Waals surface area (Å²) >= 11 is 2.11. The molecule has 0 aliphatic heterocycles. The molecule has 0 saturated heterocycles. The van der Waals surface area contributed by atoms with E-state index in [0.717, 1.165) is 9.13 Å². The van der Waals surface area contributed by atoms with Gasteiger partial charge in [0.05, 0.1) is 13.3 Å². The van der Waals surface area contributed by atoms with Crippen LogP contribution in [0.4, 0.5) is 0 Å². The fourth-order valence-corrected chi connectivity index (χ4v) is 4.11. The van der Waals surface area contributed by atoms with Crippen LogP contribution in [0.2, 0.25) is 0 Å². The Morgan fingerprint density at radius 1 is 1.06 bits per heavy atom. The number of methoxy groups -OCH3 is 1. The summed E-state index contributed by atoms with van der Waals surface area (Å²) in [6, 6.07) is 18.2. The van der Waals surface area contributed by atoms with E-state index in [1.807, 2.05) is 13.0 Å². The van der Waals surface area contributed by atoms with Crippen molar-refractivity contribution in [3.63, 3.8) is 0 Å². The smallest absolute Gasteiger partial charge is 0.339 e. The molecule has 0 aliphatic rings. The second-order valence-electron chi connectivity index (χ2n) is 6.44. The van der Waals surface area contributed by atoms with Crippen molar-refractivity contribution in [2.24, 2.45) is 5.10 Å². The van der Waals surface area contributed by atoms with Gasteiger partial charge in [0.15, 0.2) is 11.5 Å². The first-order valence-corrected chi connectivity index (χ1v) is 11.6. The standard InChI is InChI=1S/C22H19IN2O5S/c1-15-9-11-19(12-10-15)31(27,28)30-21-17(6-4-8-20(21)29-2)14-24-25-22(26)16-5-3-7-18(23)13-16/h3-14H,1-2H3,(H,25,26)/b24-14-. The Bertz CT molecular complexity index is 1220. The van der Waals surface area contributed by atoms with Gasteiger partial charge < -0.3 is 8.92 Å². The molecule has 0 heterocycles. The predicted octanol–water partition coefficient (Wildman–Crippen LogP) is 4.14. The number of nitrogens with one attached hydrogen (secondary N) is 1. The van der Waals surface area contributed by atoms with Crippen LogP contribution in [0, 0.1) is 10.5 Å². The van der Waals surface area contributed by atoms with Gasteiger partial charge in [0.25, 0.3) is 5.91 Å². The summed E-state index contributed by atoms with van der Waals surface area (Å²) in [5.41, 5.74) is 4.11. The highest BCUT2D eigenvalue weighted by molar-refractivity contribution is 14.1. The monoisotopic (exact) mass is 550 g/mol. The van der Waals surface area contributed by atoms with Crippen molar-refractivity contribution in [1.29, 1.82) is 0 Å². The molecule has 7 nitrogen and oxygen atoms in total. The van der Waals surface area contributed by atoms with Crippen LogP contribution in [0.1, 0.15) is 21.5 Å². The summed E-state index contributed by atoms with van der Waals surface area (Å²) < 4.78 is 37.0. The average Bonchev–Trinajstić information content (AvgIpc) is 2.74. The maximum absolute atomic E-state index is 12.7. The number of carbonyl (C=O) groups is 1. The largest absolute Gasteiger partial charge is 0.493 e. The average molecular weight is 550 g/mol. The third-order valence-electron chi connectivity index (χ3n) is 4.19. The zero-order valence-corrected chi connectivity index (χ0v) is 19.7. The molecule has 0 unspecified atom stereocenters. The Kier molecular flexibility index (Phi) is 7.29. The van der Waals surface area contributed by atoms with Gasteiger partial charge >= 0.3 is 10.1 Å². The van der Waals surface area contributed by atoms with E-state index in [1.165, 1.54) is 25.5 Å².